The average Bonchev–Trinajstić information content (AvgIpc) is 3.69. The Balaban J connectivity index is 1.24. The molecule has 0 nitrogen and oxygen atoms in total. The lowest BCUT2D eigenvalue weighted by Crippen LogP contribution is -2.14. The van der Waals surface area contributed by atoms with Gasteiger partial charge in [0.25, 0.3) is 0 Å². The van der Waals surface area contributed by atoms with Crippen molar-refractivity contribution in [2.45, 2.75) is 19.3 Å². The number of fused-ring (bicyclic) bond motifs is 9. The predicted molar refractivity (Wildman–Crippen MR) is 235 cm³/mol. The summed E-state index contributed by atoms with van der Waals surface area (Å²) >= 11 is 0. The smallest absolute Gasteiger partial charge is 0.0159 e. The van der Waals surface area contributed by atoms with Crippen LogP contribution in [-0.2, 0) is 5.41 Å². The molecule has 0 unspecified atom stereocenters. The van der Waals surface area contributed by atoms with Gasteiger partial charge in [-0.25, -0.2) is 0 Å². The molecule has 0 aromatic heterocycles. The van der Waals surface area contributed by atoms with Crippen molar-refractivity contribution < 1.29 is 0 Å². The molecule has 12 rings (SSSR count). The highest BCUT2D eigenvalue weighted by Crippen LogP contribution is 2.56. The Morgan fingerprint density at radius 1 is 0.291 bits per heavy atom. The van der Waals surface area contributed by atoms with Gasteiger partial charge >= 0.3 is 0 Å². The SMILES string of the molecule is CC1(C)c2ccccc2-c2c(-c3c4ccccc4c(-c4ccc5c6c(cccc46)-c4ccccc4-5)c4ccc(-c5cccc6ccccc56)cc34)cccc21. The highest BCUT2D eigenvalue weighted by Gasteiger charge is 2.37. The summed E-state index contributed by atoms with van der Waals surface area (Å²) in [5.41, 5.74) is 18.4. The molecule has 0 fully saturated rings. The average molecular weight is 697 g/mol. The van der Waals surface area contributed by atoms with Gasteiger partial charge in [0.15, 0.2) is 0 Å². The van der Waals surface area contributed by atoms with Gasteiger partial charge in [0.1, 0.15) is 0 Å². The first-order valence-electron chi connectivity index (χ1n) is 19.4. The Bertz CT molecular complexity index is 3250. The standard InChI is InChI=1S/C55H36/c1-55(2)49-26-10-9-21-46(49)54-47(25-13-27-50(54)55)53-41-20-8-7-19-40(41)52(44-31-30-43-38-18-6-5-17-37(38)39-23-12-24-42(44)51(39)43)45-29-28-34(32-48(45)53)36-22-11-15-33-14-3-4-16-35(33)36/h3-32H,1-2H3. The molecule has 0 spiro atoms. The third kappa shape index (κ3) is 4.12. The van der Waals surface area contributed by atoms with Gasteiger partial charge < -0.3 is 0 Å². The maximum atomic E-state index is 2.49. The van der Waals surface area contributed by atoms with E-state index in [0.717, 1.165) is 0 Å². The van der Waals surface area contributed by atoms with Gasteiger partial charge in [0, 0.05) is 5.41 Å². The lowest BCUT2D eigenvalue weighted by atomic mass is 9.80. The summed E-state index contributed by atoms with van der Waals surface area (Å²) in [6.07, 6.45) is 0. The van der Waals surface area contributed by atoms with Crippen LogP contribution in [0, 0.1) is 0 Å². The highest BCUT2D eigenvalue weighted by molar-refractivity contribution is 6.27. The first-order chi connectivity index (χ1) is 27.1. The monoisotopic (exact) mass is 696 g/mol. The van der Waals surface area contributed by atoms with Crippen LogP contribution in [0.4, 0.5) is 0 Å². The van der Waals surface area contributed by atoms with Gasteiger partial charge in [0.05, 0.1) is 0 Å². The van der Waals surface area contributed by atoms with E-state index in [1.165, 1.54) is 121 Å². The van der Waals surface area contributed by atoms with Crippen molar-refractivity contribution in [2.75, 3.05) is 0 Å². The minimum Gasteiger partial charge on any atom is -0.0619 e. The van der Waals surface area contributed by atoms with Crippen LogP contribution in [-0.4, -0.2) is 0 Å². The molecular formula is C55H36. The van der Waals surface area contributed by atoms with Crippen molar-refractivity contribution in [1.82, 2.24) is 0 Å². The van der Waals surface area contributed by atoms with Crippen molar-refractivity contribution in [3.05, 3.63) is 193 Å². The number of benzene rings is 10. The second-order valence-corrected chi connectivity index (χ2v) is 15.9. The van der Waals surface area contributed by atoms with Crippen LogP contribution in [0.25, 0.3) is 110 Å². The molecule has 55 heavy (non-hydrogen) atoms. The fourth-order valence-electron chi connectivity index (χ4n) is 10.4. The van der Waals surface area contributed by atoms with Gasteiger partial charge in [-0.15, -0.1) is 0 Å². The highest BCUT2D eigenvalue weighted by atomic mass is 14.4. The van der Waals surface area contributed by atoms with E-state index >= 15 is 0 Å². The van der Waals surface area contributed by atoms with Crippen LogP contribution >= 0.6 is 0 Å². The van der Waals surface area contributed by atoms with Crippen LogP contribution in [0.5, 0.6) is 0 Å². The van der Waals surface area contributed by atoms with Crippen LogP contribution in [0.1, 0.15) is 25.0 Å². The van der Waals surface area contributed by atoms with Crippen molar-refractivity contribution in [2.24, 2.45) is 0 Å². The lowest BCUT2D eigenvalue weighted by molar-refractivity contribution is 0.660. The minimum absolute atomic E-state index is 0.0934. The van der Waals surface area contributed by atoms with Crippen molar-refractivity contribution in [3.63, 3.8) is 0 Å². The van der Waals surface area contributed by atoms with E-state index in [1.807, 2.05) is 0 Å². The fraction of sp³-hybridized carbons (Fsp3) is 0.0545. The van der Waals surface area contributed by atoms with Gasteiger partial charge in [-0.2, -0.15) is 0 Å². The van der Waals surface area contributed by atoms with Gasteiger partial charge in [-0.05, 0) is 127 Å². The Kier molecular flexibility index (Phi) is 6.21. The molecule has 0 heteroatoms. The van der Waals surface area contributed by atoms with Crippen LogP contribution in [0.15, 0.2) is 182 Å². The minimum atomic E-state index is -0.0934. The third-order valence-electron chi connectivity index (χ3n) is 12.8. The predicted octanol–water partition coefficient (Wildman–Crippen LogP) is 15.3. The quantitative estimate of drug-likeness (QED) is 0.161. The molecule has 0 aliphatic heterocycles. The first kappa shape index (κ1) is 30.7. The second kappa shape index (κ2) is 11.1. The van der Waals surface area contributed by atoms with Crippen molar-refractivity contribution in [3.8, 4) is 66.8 Å². The number of hydrogen-bond donors (Lipinski definition) is 0. The third-order valence-corrected chi connectivity index (χ3v) is 12.8. The van der Waals surface area contributed by atoms with E-state index in [0.29, 0.717) is 0 Å². The summed E-state index contributed by atoms with van der Waals surface area (Å²) < 4.78 is 0. The van der Waals surface area contributed by atoms with Crippen molar-refractivity contribution in [1.29, 1.82) is 0 Å². The zero-order valence-corrected chi connectivity index (χ0v) is 30.8. The molecule has 2 aliphatic rings. The summed E-state index contributed by atoms with van der Waals surface area (Å²) in [6, 6.07) is 68.5. The molecule has 256 valence electrons. The maximum Gasteiger partial charge on any atom is 0.0159 e. The van der Waals surface area contributed by atoms with Crippen LogP contribution in [0.3, 0.4) is 0 Å². The molecular weight excluding hydrogens is 661 g/mol. The largest absolute Gasteiger partial charge is 0.0619 e. The van der Waals surface area contributed by atoms with E-state index in [4.69, 9.17) is 0 Å². The van der Waals surface area contributed by atoms with Crippen LogP contribution < -0.4 is 0 Å². The van der Waals surface area contributed by atoms with E-state index in [-0.39, 0.29) is 5.41 Å². The molecule has 0 saturated carbocycles. The molecule has 0 radical (unpaired) electrons. The number of hydrogen-bond acceptors (Lipinski definition) is 0. The number of rotatable bonds is 3. The van der Waals surface area contributed by atoms with E-state index in [2.05, 4.69) is 196 Å². The Morgan fingerprint density at radius 3 is 1.62 bits per heavy atom. The Labute approximate surface area is 321 Å². The molecule has 0 saturated heterocycles. The molecule has 0 N–H and O–H groups in total. The molecule has 10 aromatic rings. The summed E-state index contributed by atoms with van der Waals surface area (Å²) in [6.45, 7) is 4.76. The van der Waals surface area contributed by atoms with Crippen molar-refractivity contribution >= 4 is 43.1 Å². The van der Waals surface area contributed by atoms with Crippen LogP contribution in [0.2, 0.25) is 0 Å². The summed E-state index contributed by atoms with van der Waals surface area (Å²) in [5, 5.41) is 10.3. The molecule has 0 heterocycles. The fourth-order valence-corrected chi connectivity index (χ4v) is 10.4. The molecule has 0 bridgehead atoms. The van der Waals surface area contributed by atoms with E-state index < -0.39 is 0 Å². The molecule has 0 atom stereocenters. The Hall–Kier alpha value is -6.76. The van der Waals surface area contributed by atoms with Gasteiger partial charge in [-0.1, -0.05) is 190 Å². The summed E-state index contributed by atoms with van der Waals surface area (Å²) in [4.78, 5) is 0. The topological polar surface area (TPSA) is 0 Å². The van der Waals surface area contributed by atoms with E-state index in [9.17, 15) is 0 Å². The van der Waals surface area contributed by atoms with Gasteiger partial charge in [0.2, 0.25) is 0 Å². The summed E-state index contributed by atoms with van der Waals surface area (Å²) in [5.74, 6) is 0. The normalized spacial score (nSPS) is 13.4. The lowest BCUT2D eigenvalue weighted by Gasteiger charge is -2.23. The van der Waals surface area contributed by atoms with E-state index in [1.54, 1.807) is 0 Å². The molecule has 2 aliphatic carbocycles. The molecule has 0 amide bonds. The summed E-state index contributed by atoms with van der Waals surface area (Å²) in [7, 11) is 0. The Morgan fingerprint density at radius 2 is 0.800 bits per heavy atom. The molecule has 10 aromatic carbocycles. The van der Waals surface area contributed by atoms with Gasteiger partial charge in [-0.3, -0.25) is 0 Å². The maximum absolute atomic E-state index is 2.49. The zero-order chi connectivity index (χ0) is 36.4. The first-order valence-corrected chi connectivity index (χ1v) is 19.4. The zero-order valence-electron chi connectivity index (χ0n) is 30.8. The second-order valence-electron chi connectivity index (χ2n) is 15.9.